The van der Waals surface area contributed by atoms with E-state index in [1.807, 2.05) is 13.1 Å². The molecule has 35 heavy (non-hydrogen) atoms. The molecule has 2 aromatic rings. The molecule has 4 fully saturated rings. The summed E-state index contributed by atoms with van der Waals surface area (Å²) in [6.45, 7) is 14.0. The summed E-state index contributed by atoms with van der Waals surface area (Å²) >= 11 is 0. The van der Waals surface area contributed by atoms with E-state index >= 15 is 0 Å². The van der Waals surface area contributed by atoms with E-state index in [1.165, 1.54) is 68.7 Å². The van der Waals surface area contributed by atoms with Crippen LogP contribution in [-0.2, 0) is 4.74 Å². The Morgan fingerprint density at radius 1 is 0.914 bits per heavy atom. The Labute approximate surface area is 212 Å². The highest BCUT2D eigenvalue weighted by Gasteiger charge is 2.60. The number of hydrogen-bond donors (Lipinski definition) is 0. The number of nitrogens with zero attached hydrogens (tertiary/aromatic N) is 2. The summed E-state index contributed by atoms with van der Waals surface area (Å²) in [5, 5.41) is 1.20. The number of hydrogen-bond acceptors (Lipinski definition) is 3. The Morgan fingerprint density at radius 3 is 2.49 bits per heavy atom. The van der Waals surface area contributed by atoms with Gasteiger partial charge in [-0.1, -0.05) is 19.9 Å². The van der Waals surface area contributed by atoms with Crippen LogP contribution in [0.4, 0.5) is 0 Å². The highest BCUT2D eigenvalue weighted by molar-refractivity contribution is 5.78. The van der Waals surface area contributed by atoms with Gasteiger partial charge in [0, 0.05) is 11.6 Å². The summed E-state index contributed by atoms with van der Waals surface area (Å²) in [6, 6.07) is 7.04. The van der Waals surface area contributed by atoms with Crippen molar-refractivity contribution >= 4 is 10.9 Å². The van der Waals surface area contributed by atoms with Crippen molar-refractivity contribution < 1.29 is 4.74 Å². The van der Waals surface area contributed by atoms with Crippen LogP contribution in [0.15, 0.2) is 24.4 Å². The lowest BCUT2D eigenvalue weighted by Gasteiger charge is -2.61. The highest BCUT2D eigenvalue weighted by Crippen LogP contribution is 2.69. The summed E-state index contributed by atoms with van der Waals surface area (Å²) in [5.41, 5.74) is 3.57. The van der Waals surface area contributed by atoms with E-state index in [0.29, 0.717) is 22.9 Å². The number of rotatable bonds is 2. The van der Waals surface area contributed by atoms with Gasteiger partial charge in [0.1, 0.15) is 5.82 Å². The fraction of sp³-hybridized carbons (Fsp3) is 0.750. The molecule has 0 aliphatic heterocycles. The van der Waals surface area contributed by atoms with Gasteiger partial charge >= 0.3 is 0 Å². The van der Waals surface area contributed by atoms with E-state index in [-0.39, 0.29) is 5.60 Å². The quantitative estimate of drug-likeness (QED) is 0.439. The minimum atomic E-state index is -0.0190. The minimum absolute atomic E-state index is 0.0190. The molecule has 0 unspecified atom stereocenters. The number of aryl methyl sites for hydroxylation is 1. The first-order valence-electron chi connectivity index (χ1n) is 14.5. The fourth-order valence-electron chi connectivity index (χ4n) is 9.73. The molecular weight excluding hydrogens is 428 g/mol. The van der Waals surface area contributed by atoms with Crippen molar-refractivity contribution in [1.29, 1.82) is 0 Å². The second kappa shape index (κ2) is 8.27. The standard InChI is InChI=1S/C32H46N2O/c1-20-33-19-22-17-21(7-12-29(22)34-20)26-10-11-27-25-9-8-23-18-24(35-30(2,3)4)13-15-31(23,5)28(25)14-16-32(26,27)6/h7,12,17,19,23-28H,8-11,13-16,18H2,1-6H3/t23-,24-,25-,26+,27-,28-,31-,32+/m0/s1. The zero-order valence-electron chi connectivity index (χ0n) is 22.9. The van der Waals surface area contributed by atoms with Crippen LogP contribution in [-0.4, -0.2) is 21.7 Å². The van der Waals surface area contributed by atoms with Gasteiger partial charge in [-0.25, -0.2) is 9.97 Å². The zero-order chi connectivity index (χ0) is 24.6. The number of fused-ring (bicyclic) bond motifs is 6. The normalized spacial score (nSPS) is 41.3. The van der Waals surface area contributed by atoms with Crippen LogP contribution in [0, 0.1) is 41.4 Å². The molecule has 4 aliphatic rings. The average molecular weight is 475 g/mol. The molecule has 0 radical (unpaired) electrons. The van der Waals surface area contributed by atoms with Crippen molar-refractivity contribution in [2.45, 2.75) is 117 Å². The fourth-order valence-corrected chi connectivity index (χ4v) is 9.73. The van der Waals surface area contributed by atoms with Crippen LogP contribution in [0.5, 0.6) is 0 Å². The van der Waals surface area contributed by atoms with Crippen molar-refractivity contribution in [2.75, 3.05) is 0 Å². The van der Waals surface area contributed by atoms with Gasteiger partial charge in [-0.3, -0.25) is 0 Å². The van der Waals surface area contributed by atoms with Crippen LogP contribution in [0.25, 0.3) is 10.9 Å². The van der Waals surface area contributed by atoms with Crippen molar-refractivity contribution in [2.24, 2.45) is 34.5 Å². The third kappa shape index (κ3) is 3.95. The molecule has 4 aliphatic carbocycles. The van der Waals surface area contributed by atoms with Crippen molar-refractivity contribution in [3.8, 4) is 0 Å². The van der Waals surface area contributed by atoms with Crippen LogP contribution in [0.3, 0.4) is 0 Å². The molecule has 0 N–H and O–H groups in total. The van der Waals surface area contributed by atoms with Crippen LogP contribution < -0.4 is 0 Å². The number of benzene rings is 1. The van der Waals surface area contributed by atoms with Crippen LogP contribution in [0.2, 0.25) is 0 Å². The molecule has 0 saturated heterocycles. The SMILES string of the molecule is Cc1ncc2cc([C@H]3CC[C@H]4[C@@H]5CC[C@H]6C[C@@H](OC(C)(C)C)CC[C@]6(C)[C@H]5CC[C@]34C)ccc2n1. The molecule has 0 bridgehead atoms. The molecule has 0 amide bonds. The predicted molar refractivity (Wildman–Crippen MR) is 143 cm³/mol. The van der Waals surface area contributed by atoms with Gasteiger partial charge in [-0.15, -0.1) is 0 Å². The Balaban J connectivity index is 1.23. The largest absolute Gasteiger partial charge is 0.373 e. The Kier molecular flexibility index (Phi) is 5.64. The maximum absolute atomic E-state index is 6.49. The summed E-state index contributed by atoms with van der Waals surface area (Å²) in [5.74, 6) is 5.13. The van der Waals surface area contributed by atoms with Gasteiger partial charge in [-0.05, 0) is 144 Å². The molecule has 3 heteroatoms. The second-order valence-corrected chi connectivity index (χ2v) is 14.2. The molecule has 8 atom stereocenters. The van der Waals surface area contributed by atoms with Gasteiger partial charge in [0.15, 0.2) is 0 Å². The van der Waals surface area contributed by atoms with Gasteiger partial charge in [0.2, 0.25) is 0 Å². The topological polar surface area (TPSA) is 35.0 Å². The first-order valence-corrected chi connectivity index (χ1v) is 14.5. The lowest BCUT2D eigenvalue weighted by atomic mass is 9.44. The van der Waals surface area contributed by atoms with Crippen LogP contribution >= 0.6 is 0 Å². The average Bonchev–Trinajstić information content (AvgIpc) is 3.15. The van der Waals surface area contributed by atoms with E-state index in [4.69, 9.17) is 4.74 Å². The van der Waals surface area contributed by atoms with E-state index in [0.717, 1.165) is 35.0 Å². The summed E-state index contributed by atoms with van der Waals surface area (Å²) < 4.78 is 6.49. The maximum atomic E-state index is 6.49. The summed E-state index contributed by atoms with van der Waals surface area (Å²) in [7, 11) is 0. The lowest BCUT2D eigenvalue weighted by molar-refractivity contribution is -0.152. The Hall–Kier alpha value is -1.48. The first kappa shape index (κ1) is 23.9. The van der Waals surface area contributed by atoms with Gasteiger partial charge in [0.05, 0.1) is 17.2 Å². The Morgan fingerprint density at radius 2 is 1.69 bits per heavy atom. The molecular formula is C32H46N2O. The van der Waals surface area contributed by atoms with Crippen molar-refractivity contribution in [3.05, 3.63) is 35.8 Å². The van der Waals surface area contributed by atoms with Crippen LogP contribution in [0.1, 0.15) is 110 Å². The third-order valence-corrected chi connectivity index (χ3v) is 11.3. The molecule has 190 valence electrons. The molecule has 1 aromatic heterocycles. The smallest absolute Gasteiger partial charge is 0.125 e. The van der Waals surface area contributed by atoms with Gasteiger partial charge in [0.25, 0.3) is 0 Å². The van der Waals surface area contributed by atoms with E-state index in [9.17, 15) is 0 Å². The Bertz CT molecular complexity index is 1100. The van der Waals surface area contributed by atoms with Gasteiger partial charge in [-0.2, -0.15) is 0 Å². The second-order valence-electron chi connectivity index (χ2n) is 14.2. The molecule has 0 spiro atoms. The monoisotopic (exact) mass is 474 g/mol. The lowest BCUT2D eigenvalue weighted by Crippen LogP contribution is -2.54. The third-order valence-electron chi connectivity index (χ3n) is 11.3. The summed E-state index contributed by atoms with van der Waals surface area (Å²) in [6.07, 6.45) is 14.9. The van der Waals surface area contributed by atoms with Crippen molar-refractivity contribution in [3.63, 3.8) is 0 Å². The maximum Gasteiger partial charge on any atom is 0.125 e. The molecule has 6 rings (SSSR count). The van der Waals surface area contributed by atoms with E-state index in [1.54, 1.807) is 0 Å². The zero-order valence-corrected chi connectivity index (χ0v) is 22.9. The van der Waals surface area contributed by atoms with E-state index in [2.05, 4.69) is 62.8 Å². The summed E-state index contributed by atoms with van der Waals surface area (Å²) in [4.78, 5) is 9.13. The molecule has 1 aromatic carbocycles. The van der Waals surface area contributed by atoms with Gasteiger partial charge < -0.3 is 4.74 Å². The first-order chi connectivity index (χ1) is 16.6. The molecule has 3 nitrogen and oxygen atoms in total. The van der Waals surface area contributed by atoms with E-state index < -0.39 is 0 Å². The molecule has 1 heterocycles. The predicted octanol–water partition coefficient (Wildman–Crippen LogP) is 8.25. The minimum Gasteiger partial charge on any atom is -0.373 e. The number of ether oxygens (including phenoxy) is 1. The van der Waals surface area contributed by atoms with Crippen molar-refractivity contribution in [1.82, 2.24) is 9.97 Å². The highest BCUT2D eigenvalue weighted by atomic mass is 16.5. The number of aromatic nitrogens is 2. The molecule has 4 saturated carbocycles.